The van der Waals surface area contributed by atoms with E-state index in [1.807, 2.05) is 4.90 Å². The number of hydrogen-bond donors (Lipinski definition) is 1. The van der Waals surface area contributed by atoms with Crippen LogP contribution in [0.5, 0.6) is 0 Å². The number of hydrogen-bond acceptors (Lipinski definition) is 3. The van der Waals surface area contributed by atoms with E-state index in [1.54, 1.807) is 0 Å². The minimum absolute atomic E-state index is 0.110. The summed E-state index contributed by atoms with van der Waals surface area (Å²) in [5.41, 5.74) is 2.58. The first-order chi connectivity index (χ1) is 12.9. The van der Waals surface area contributed by atoms with Gasteiger partial charge in [0.2, 0.25) is 0 Å². The number of aliphatic carboxylic acids is 1. The number of nitrogens with zero attached hydrogens (tertiary/aromatic N) is 1. The summed E-state index contributed by atoms with van der Waals surface area (Å²) in [7, 11) is 0. The van der Waals surface area contributed by atoms with E-state index in [9.17, 15) is 14.7 Å². The van der Waals surface area contributed by atoms with Crippen LogP contribution in [0.1, 0.15) is 49.7 Å². The lowest BCUT2D eigenvalue weighted by Crippen LogP contribution is -2.44. The van der Waals surface area contributed by atoms with Gasteiger partial charge in [0.1, 0.15) is 11.8 Å². The highest BCUT2D eigenvalue weighted by Gasteiger charge is 2.46. The average Bonchev–Trinajstić information content (AvgIpc) is 3.28. The zero-order valence-electron chi connectivity index (χ0n) is 16.2. The second kappa shape index (κ2) is 7.23. The number of benzene rings is 1. The van der Waals surface area contributed by atoms with Gasteiger partial charge in [0, 0.05) is 12.5 Å². The van der Waals surface area contributed by atoms with Crippen LogP contribution in [0.4, 0.5) is 0 Å². The lowest BCUT2D eigenvalue weighted by molar-refractivity contribution is -0.142. The highest BCUT2D eigenvalue weighted by Crippen LogP contribution is 2.49. The van der Waals surface area contributed by atoms with Crippen molar-refractivity contribution in [1.82, 2.24) is 4.90 Å². The van der Waals surface area contributed by atoms with Gasteiger partial charge >= 0.3 is 5.97 Å². The Morgan fingerprint density at radius 2 is 1.85 bits per heavy atom. The molecule has 144 valence electrons. The Morgan fingerprint density at radius 3 is 2.56 bits per heavy atom. The van der Waals surface area contributed by atoms with Crippen LogP contribution in [0.3, 0.4) is 0 Å². The van der Waals surface area contributed by atoms with E-state index in [-0.39, 0.29) is 18.4 Å². The van der Waals surface area contributed by atoms with E-state index < -0.39 is 12.0 Å². The maximum Gasteiger partial charge on any atom is 0.320 e. The normalized spacial score (nSPS) is 35.0. The molecule has 6 unspecified atom stereocenters. The van der Waals surface area contributed by atoms with Gasteiger partial charge in [-0.05, 0) is 55.4 Å². The van der Waals surface area contributed by atoms with Gasteiger partial charge in [0.05, 0.1) is 6.54 Å². The van der Waals surface area contributed by atoms with Gasteiger partial charge < -0.3 is 5.11 Å². The van der Waals surface area contributed by atoms with Crippen LogP contribution in [0.25, 0.3) is 0 Å². The molecule has 0 bridgehead atoms. The molecule has 1 aliphatic heterocycles. The number of carboxylic acids is 1. The van der Waals surface area contributed by atoms with Crippen LogP contribution >= 0.6 is 0 Å². The van der Waals surface area contributed by atoms with Crippen LogP contribution in [0.15, 0.2) is 36.4 Å². The third kappa shape index (κ3) is 3.86. The molecule has 1 saturated heterocycles. The number of ketones is 1. The van der Waals surface area contributed by atoms with Crippen molar-refractivity contribution >= 4 is 11.8 Å². The Hall–Kier alpha value is -1.94. The van der Waals surface area contributed by atoms with Gasteiger partial charge in [-0.15, -0.1) is 0 Å². The third-order valence-corrected chi connectivity index (χ3v) is 6.67. The lowest BCUT2D eigenvalue weighted by atomic mass is 9.84. The van der Waals surface area contributed by atoms with Gasteiger partial charge in [-0.1, -0.05) is 48.9 Å². The van der Waals surface area contributed by atoms with Crippen LogP contribution in [-0.4, -0.2) is 40.4 Å². The molecular weight excluding hydrogens is 338 g/mol. The predicted molar refractivity (Wildman–Crippen MR) is 105 cm³/mol. The van der Waals surface area contributed by atoms with Gasteiger partial charge in [-0.25, -0.2) is 0 Å². The molecule has 1 aromatic carbocycles. The summed E-state index contributed by atoms with van der Waals surface area (Å²) in [6.07, 6.45) is 7.64. The molecule has 3 aliphatic rings. The first kappa shape index (κ1) is 18.4. The largest absolute Gasteiger partial charge is 0.480 e. The monoisotopic (exact) mass is 367 g/mol. The van der Waals surface area contributed by atoms with Crippen molar-refractivity contribution in [3.05, 3.63) is 47.5 Å². The summed E-state index contributed by atoms with van der Waals surface area (Å²) >= 11 is 0. The van der Waals surface area contributed by atoms with Crippen molar-refractivity contribution in [2.24, 2.45) is 17.8 Å². The molecule has 1 N–H and O–H groups in total. The highest BCUT2D eigenvalue weighted by atomic mass is 16.4. The number of carbonyl (C=O) groups excluding carboxylic acids is 1. The van der Waals surface area contributed by atoms with E-state index >= 15 is 0 Å². The van der Waals surface area contributed by atoms with Crippen molar-refractivity contribution in [2.45, 2.75) is 57.5 Å². The van der Waals surface area contributed by atoms with Gasteiger partial charge in [0.15, 0.2) is 0 Å². The second-order valence-electron chi connectivity index (χ2n) is 8.87. The Labute approximate surface area is 161 Å². The quantitative estimate of drug-likeness (QED) is 0.777. The molecule has 4 nitrogen and oxygen atoms in total. The van der Waals surface area contributed by atoms with E-state index in [0.29, 0.717) is 36.5 Å². The Morgan fingerprint density at radius 1 is 1.11 bits per heavy atom. The number of Topliss-reactive ketones (excluding diaryl/α,β-unsaturated/α-hetero) is 1. The van der Waals surface area contributed by atoms with Crippen molar-refractivity contribution < 1.29 is 14.7 Å². The van der Waals surface area contributed by atoms with E-state index in [1.165, 1.54) is 11.1 Å². The maximum atomic E-state index is 12.7. The van der Waals surface area contributed by atoms with Crippen molar-refractivity contribution in [3.63, 3.8) is 0 Å². The fourth-order valence-electron chi connectivity index (χ4n) is 5.12. The Balaban J connectivity index is 1.37. The lowest BCUT2D eigenvalue weighted by Gasteiger charge is -2.30. The third-order valence-electron chi connectivity index (χ3n) is 6.67. The summed E-state index contributed by atoms with van der Waals surface area (Å²) in [4.78, 5) is 26.4. The molecule has 1 aromatic rings. The molecular formula is C23H29NO3. The van der Waals surface area contributed by atoms with E-state index in [2.05, 4.69) is 50.3 Å². The van der Waals surface area contributed by atoms with Gasteiger partial charge in [-0.3, -0.25) is 14.5 Å². The van der Waals surface area contributed by atoms with Crippen LogP contribution < -0.4 is 0 Å². The zero-order chi connectivity index (χ0) is 19.1. The summed E-state index contributed by atoms with van der Waals surface area (Å²) in [6.45, 7) is 4.53. The topological polar surface area (TPSA) is 57.6 Å². The van der Waals surface area contributed by atoms with E-state index in [0.717, 1.165) is 12.8 Å². The number of likely N-dealkylation sites (tertiary alicyclic amines) is 1. The fraction of sp³-hybridized carbons (Fsp3) is 0.565. The molecule has 1 heterocycles. The predicted octanol–water partition coefficient (Wildman–Crippen LogP) is 3.80. The summed E-state index contributed by atoms with van der Waals surface area (Å²) in [5, 5.41) is 9.64. The summed E-state index contributed by atoms with van der Waals surface area (Å²) < 4.78 is 0. The van der Waals surface area contributed by atoms with E-state index in [4.69, 9.17) is 0 Å². The number of carbonyl (C=O) groups is 2. The second-order valence-corrected chi connectivity index (χ2v) is 8.87. The van der Waals surface area contributed by atoms with Crippen molar-refractivity contribution in [3.8, 4) is 0 Å². The summed E-state index contributed by atoms with van der Waals surface area (Å²) in [6, 6.07) is 8.19. The van der Waals surface area contributed by atoms with Gasteiger partial charge in [-0.2, -0.15) is 0 Å². The van der Waals surface area contributed by atoms with Crippen molar-refractivity contribution in [1.29, 1.82) is 0 Å². The molecule has 2 fully saturated rings. The fourth-order valence-corrected chi connectivity index (χ4v) is 5.12. The Bertz CT molecular complexity index is 753. The number of allylic oxidation sites excluding steroid dienone is 1. The molecule has 0 spiro atoms. The number of aryl methyl sites for hydroxylation is 1. The molecule has 1 saturated carbocycles. The molecule has 0 aromatic heterocycles. The molecule has 4 rings (SSSR count). The van der Waals surface area contributed by atoms with Crippen LogP contribution in [0.2, 0.25) is 0 Å². The minimum Gasteiger partial charge on any atom is -0.480 e. The van der Waals surface area contributed by atoms with Gasteiger partial charge in [0.25, 0.3) is 0 Å². The number of fused-ring (bicyclic) bond motifs is 1. The van der Waals surface area contributed by atoms with Crippen LogP contribution in [-0.2, 0) is 9.59 Å². The minimum atomic E-state index is -0.790. The molecule has 0 amide bonds. The molecule has 4 heteroatoms. The number of carboxylic acid groups (broad SMARTS) is 1. The molecule has 0 radical (unpaired) electrons. The molecule has 2 aliphatic carbocycles. The zero-order valence-corrected chi connectivity index (χ0v) is 16.2. The maximum absolute atomic E-state index is 12.7. The number of rotatable bonds is 6. The summed E-state index contributed by atoms with van der Waals surface area (Å²) in [5.74, 6) is 1.17. The first-order valence-electron chi connectivity index (χ1n) is 10.2. The SMILES string of the molecule is Cc1ccc(C2CC2CC(=O)CN2C(C(=O)O)CC3CC(C)C=CC32)cc1. The average molecular weight is 367 g/mol. The van der Waals surface area contributed by atoms with Crippen LogP contribution in [0, 0.1) is 24.7 Å². The smallest absolute Gasteiger partial charge is 0.320 e. The molecule has 6 atom stereocenters. The Kier molecular flexibility index (Phi) is 4.94. The first-order valence-corrected chi connectivity index (χ1v) is 10.2. The highest BCUT2D eigenvalue weighted by molar-refractivity contribution is 5.83. The molecule has 27 heavy (non-hydrogen) atoms. The van der Waals surface area contributed by atoms with Crippen molar-refractivity contribution in [2.75, 3.05) is 6.54 Å². The standard InChI is InChI=1S/C23H29NO3/c1-14-3-6-16(7-4-14)20-11-17(20)10-19(25)13-24-21-8-5-15(2)9-18(21)12-22(24)23(26)27/h3-8,15,17-18,20-22H,9-13H2,1-2H3,(H,26,27).